The second-order valence-corrected chi connectivity index (χ2v) is 3.15. The van der Waals surface area contributed by atoms with E-state index in [4.69, 9.17) is 4.74 Å². The highest BCUT2D eigenvalue weighted by Crippen LogP contribution is 2.19. The molecule has 0 radical (unpaired) electrons. The van der Waals surface area contributed by atoms with E-state index in [0.29, 0.717) is 13.3 Å². The Hall–Kier alpha value is -1.28. The third-order valence-electron chi connectivity index (χ3n) is 2.16. The van der Waals surface area contributed by atoms with Crippen molar-refractivity contribution in [1.29, 1.82) is 0 Å². The molecule has 1 aromatic carbocycles. The second-order valence-electron chi connectivity index (χ2n) is 3.15. The number of benzene rings is 1. The minimum Gasteiger partial charge on any atom is -0.357 e. The first kappa shape index (κ1) is 8.32. The van der Waals surface area contributed by atoms with Gasteiger partial charge in [0.2, 0.25) is 0 Å². The lowest BCUT2D eigenvalue weighted by molar-refractivity contribution is 0.0789. The fourth-order valence-electron chi connectivity index (χ4n) is 1.50. The molecule has 0 fully saturated rings. The van der Waals surface area contributed by atoms with E-state index in [0.717, 1.165) is 0 Å². The molecule has 0 N–H and O–H groups in total. The average Bonchev–Trinajstić information content (AvgIpc) is 2.20. The molecule has 0 saturated carbocycles. The standard InChI is InChI=1S/C11H13NO/c1-12-9-13-8-7-11(12)10-5-3-2-4-6-10/h2-7H,8-9H2,1H3. The lowest BCUT2D eigenvalue weighted by Gasteiger charge is -2.26. The summed E-state index contributed by atoms with van der Waals surface area (Å²) in [6.07, 6.45) is 2.11. The van der Waals surface area contributed by atoms with Crippen LogP contribution >= 0.6 is 0 Å². The van der Waals surface area contributed by atoms with E-state index in [1.165, 1.54) is 11.3 Å². The summed E-state index contributed by atoms with van der Waals surface area (Å²) in [6.45, 7) is 1.40. The number of hydrogen-bond acceptors (Lipinski definition) is 2. The van der Waals surface area contributed by atoms with Gasteiger partial charge in [-0.2, -0.15) is 0 Å². The van der Waals surface area contributed by atoms with Gasteiger partial charge in [0, 0.05) is 12.7 Å². The van der Waals surface area contributed by atoms with Gasteiger partial charge in [0.05, 0.1) is 6.61 Å². The van der Waals surface area contributed by atoms with Crippen LogP contribution in [0.1, 0.15) is 5.56 Å². The topological polar surface area (TPSA) is 12.5 Å². The second kappa shape index (κ2) is 3.62. The summed E-state index contributed by atoms with van der Waals surface area (Å²) in [5.74, 6) is 0. The van der Waals surface area contributed by atoms with Crippen LogP contribution in [0.5, 0.6) is 0 Å². The molecule has 13 heavy (non-hydrogen) atoms. The Labute approximate surface area is 78.4 Å². The molecule has 0 spiro atoms. The fourth-order valence-corrected chi connectivity index (χ4v) is 1.50. The van der Waals surface area contributed by atoms with Gasteiger partial charge in [-0.3, -0.25) is 0 Å². The predicted octanol–water partition coefficient (Wildman–Crippen LogP) is 1.95. The molecule has 0 unspecified atom stereocenters. The first-order valence-corrected chi connectivity index (χ1v) is 4.42. The summed E-state index contributed by atoms with van der Waals surface area (Å²) < 4.78 is 5.28. The molecule has 68 valence electrons. The Morgan fingerprint density at radius 3 is 2.69 bits per heavy atom. The number of nitrogens with zero attached hydrogens (tertiary/aromatic N) is 1. The van der Waals surface area contributed by atoms with Gasteiger partial charge in [0.15, 0.2) is 0 Å². The van der Waals surface area contributed by atoms with Crippen LogP contribution in [0.3, 0.4) is 0 Å². The Balaban J connectivity index is 2.30. The monoisotopic (exact) mass is 175 g/mol. The smallest absolute Gasteiger partial charge is 0.119 e. The molecule has 0 aliphatic carbocycles. The Morgan fingerprint density at radius 2 is 2.00 bits per heavy atom. The van der Waals surface area contributed by atoms with Crippen molar-refractivity contribution in [2.45, 2.75) is 0 Å². The molecule has 1 heterocycles. The van der Waals surface area contributed by atoms with E-state index < -0.39 is 0 Å². The Kier molecular flexibility index (Phi) is 2.32. The summed E-state index contributed by atoms with van der Waals surface area (Å²) in [4.78, 5) is 2.11. The maximum absolute atomic E-state index is 5.28. The minimum absolute atomic E-state index is 0.681. The van der Waals surface area contributed by atoms with Crippen LogP contribution in [0.2, 0.25) is 0 Å². The van der Waals surface area contributed by atoms with Gasteiger partial charge < -0.3 is 9.64 Å². The maximum Gasteiger partial charge on any atom is 0.119 e. The highest BCUT2D eigenvalue weighted by Gasteiger charge is 2.10. The zero-order valence-corrected chi connectivity index (χ0v) is 7.73. The van der Waals surface area contributed by atoms with Gasteiger partial charge in [-0.1, -0.05) is 30.3 Å². The third-order valence-corrected chi connectivity index (χ3v) is 2.16. The Morgan fingerprint density at radius 1 is 1.23 bits per heavy atom. The van der Waals surface area contributed by atoms with Crippen molar-refractivity contribution < 1.29 is 4.74 Å². The molecule has 1 aromatic rings. The summed E-state index contributed by atoms with van der Waals surface area (Å²) in [6, 6.07) is 10.4. The molecule has 0 aromatic heterocycles. The normalized spacial score (nSPS) is 17.0. The maximum atomic E-state index is 5.28. The van der Waals surface area contributed by atoms with Crippen LogP contribution in [0.25, 0.3) is 5.70 Å². The lowest BCUT2D eigenvalue weighted by Crippen LogP contribution is -2.24. The molecule has 0 bridgehead atoms. The first-order valence-electron chi connectivity index (χ1n) is 4.42. The van der Waals surface area contributed by atoms with E-state index in [2.05, 4.69) is 35.2 Å². The van der Waals surface area contributed by atoms with Crippen molar-refractivity contribution in [3.8, 4) is 0 Å². The van der Waals surface area contributed by atoms with Gasteiger partial charge in [-0.05, 0) is 11.6 Å². The molecule has 2 rings (SSSR count). The van der Waals surface area contributed by atoms with Gasteiger partial charge in [-0.25, -0.2) is 0 Å². The number of ether oxygens (including phenoxy) is 1. The van der Waals surface area contributed by atoms with Crippen LogP contribution in [-0.4, -0.2) is 25.3 Å². The molecular weight excluding hydrogens is 162 g/mol. The van der Waals surface area contributed by atoms with Gasteiger partial charge in [0.25, 0.3) is 0 Å². The van der Waals surface area contributed by atoms with Gasteiger partial charge in [0.1, 0.15) is 6.73 Å². The van der Waals surface area contributed by atoms with Crippen molar-refractivity contribution in [3.63, 3.8) is 0 Å². The predicted molar refractivity (Wildman–Crippen MR) is 53.0 cm³/mol. The Bertz CT molecular complexity index is 305. The molecule has 0 amide bonds. The van der Waals surface area contributed by atoms with Crippen molar-refractivity contribution in [2.75, 3.05) is 20.4 Å². The zero-order valence-electron chi connectivity index (χ0n) is 7.73. The van der Waals surface area contributed by atoms with E-state index in [1.54, 1.807) is 0 Å². The van der Waals surface area contributed by atoms with E-state index in [-0.39, 0.29) is 0 Å². The summed E-state index contributed by atoms with van der Waals surface area (Å²) in [7, 11) is 2.04. The molecule has 0 saturated heterocycles. The van der Waals surface area contributed by atoms with Crippen molar-refractivity contribution in [3.05, 3.63) is 42.0 Å². The molecule has 1 aliphatic rings. The quantitative estimate of drug-likeness (QED) is 0.646. The minimum atomic E-state index is 0.681. The summed E-state index contributed by atoms with van der Waals surface area (Å²) in [5, 5.41) is 0. The molecule has 2 heteroatoms. The van der Waals surface area contributed by atoms with Crippen molar-refractivity contribution in [2.24, 2.45) is 0 Å². The molecule has 0 atom stereocenters. The summed E-state index contributed by atoms with van der Waals surface area (Å²) in [5.41, 5.74) is 2.51. The number of rotatable bonds is 1. The van der Waals surface area contributed by atoms with Crippen LogP contribution in [0.4, 0.5) is 0 Å². The van der Waals surface area contributed by atoms with Gasteiger partial charge in [-0.15, -0.1) is 0 Å². The largest absolute Gasteiger partial charge is 0.357 e. The van der Waals surface area contributed by atoms with Gasteiger partial charge >= 0.3 is 0 Å². The van der Waals surface area contributed by atoms with Crippen molar-refractivity contribution >= 4 is 5.70 Å². The fraction of sp³-hybridized carbons (Fsp3) is 0.273. The molecular formula is C11H13NO. The highest BCUT2D eigenvalue weighted by atomic mass is 16.5. The molecule has 1 aliphatic heterocycles. The van der Waals surface area contributed by atoms with Crippen LogP contribution in [0.15, 0.2) is 36.4 Å². The first-order chi connectivity index (χ1) is 6.38. The van der Waals surface area contributed by atoms with Crippen LogP contribution in [0, 0.1) is 0 Å². The highest BCUT2D eigenvalue weighted by molar-refractivity contribution is 5.64. The average molecular weight is 175 g/mol. The third kappa shape index (κ3) is 1.73. The zero-order chi connectivity index (χ0) is 9.10. The molecule has 2 nitrogen and oxygen atoms in total. The lowest BCUT2D eigenvalue weighted by atomic mass is 10.1. The van der Waals surface area contributed by atoms with Crippen molar-refractivity contribution in [1.82, 2.24) is 4.90 Å². The SMILES string of the molecule is CN1COCC=C1c1ccccc1. The van der Waals surface area contributed by atoms with E-state index in [9.17, 15) is 0 Å². The number of hydrogen-bond donors (Lipinski definition) is 0. The van der Waals surface area contributed by atoms with Crippen LogP contribution < -0.4 is 0 Å². The van der Waals surface area contributed by atoms with E-state index >= 15 is 0 Å². The summed E-state index contributed by atoms with van der Waals surface area (Å²) >= 11 is 0. The van der Waals surface area contributed by atoms with E-state index in [1.807, 2.05) is 13.1 Å². The van der Waals surface area contributed by atoms with Crippen LogP contribution in [-0.2, 0) is 4.74 Å².